The molecule has 1 aromatic carbocycles. The first-order chi connectivity index (χ1) is 8.56. The lowest BCUT2D eigenvalue weighted by molar-refractivity contribution is 0.194. The maximum Gasteiger partial charge on any atom is 0.145 e. The van der Waals surface area contributed by atoms with E-state index in [4.69, 9.17) is 16.3 Å². The molecular weight excluding hydrogens is 257 g/mol. The van der Waals surface area contributed by atoms with Gasteiger partial charge in [0.2, 0.25) is 0 Å². The number of hydrogen-bond acceptors (Lipinski definition) is 3. The molecule has 0 saturated heterocycles. The van der Waals surface area contributed by atoms with Crippen LogP contribution in [0.5, 0.6) is 11.5 Å². The van der Waals surface area contributed by atoms with Crippen molar-refractivity contribution in [2.24, 2.45) is 0 Å². The average molecular weight is 268 g/mol. The van der Waals surface area contributed by atoms with Gasteiger partial charge in [-0.3, -0.25) is 4.98 Å². The Labute approximate surface area is 109 Å². The van der Waals surface area contributed by atoms with E-state index in [1.807, 2.05) is 0 Å². The first-order valence-corrected chi connectivity index (χ1v) is 5.71. The van der Waals surface area contributed by atoms with Gasteiger partial charge in [-0.1, -0.05) is 11.6 Å². The number of rotatable bonds is 3. The minimum Gasteiger partial charge on any atom is -0.456 e. The van der Waals surface area contributed by atoms with Crippen LogP contribution in [0, 0.1) is 5.82 Å². The normalized spacial score (nSPS) is 12.2. The number of aromatic nitrogens is 1. The van der Waals surface area contributed by atoms with Gasteiger partial charge in [0.05, 0.1) is 23.0 Å². The van der Waals surface area contributed by atoms with Crippen molar-refractivity contribution >= 4 is 11.6 Å². The minimum absolute atomic E-state index is 0.0462. The molecule has 1 heterocycles. The summed E-state index contributed by atoms with van der Waals surface area (Å²) in [6.07, 6.45) is 0.834. The van der Waals surface area contributed by atoms with E-state index in [0.717, 1.165) is 0 Å². The summed E-state index contributed by atoms with van der Waals surface area (Å²) in [5.41, 5.74) is 0.546. The molecule has 18 heavy (non-hydrogen) atoms. The van der Waals surface area contributed by atoms with Crippen molar-refractivity contribution in [2.75, 3.05) is 0 Å². The fraction of sp³-hybridized carbons (Fsp3) is 0.154. The molecule has 5 heteroatoms. The molecule has 0 saturated carbocycles. The van der Waals surface area contributed by atoms with Gasteiger partial charge in [-0.2, -0.15) is 0 Å². The van der Waals surface area contributed by atoms with Gasteiger partial charge >= 0.3 is 0 Å². The topological polar surface area (TPSA) is 42.4 Å². The van der Waals surface area contributed by atoms with Crippen LogP contribution in [-0.2, 0) is 0 Å². The number of pyridine rings is 1. The standard InChI is InChI=1S/C13H11ClFNO2/c1-8(17)13-5-3-10(7-16-13)18-9-2-4-11(14)12(15)6-9/h2-8,17H,1H3. The molecule has 1 N–H and O–H groups in total. The fourth-order valence-electron chi connectivity index (χ4n) is 1.38. The summed E-state index contributed by atoms with van der Waals surface area (Å²) in [6.45, 7) is 1.62. The third-order valence-electron chi connectivity index (χ3n) is 2.31. The van der Waals surface area contributed by atoms with Crippen molar-refractivity contribution in [3.8, 4) is 11.5 Å². The van der Waals surface area contributed by atoms with Crippen LogP contribution in [0.4, 0.5) is 4.39 Å². The molecule has 2 aromatic rings. The molecule has 94 valence electrons. The van der Waals surface area contributed by atoms with E-state index in [1.165, 1.54) is 18.3 Å². The Hall–Kier alpha value is -1.65. The van der Waals surface area contributed by atoms with Crippen LogP contribution in [0.3, 0.4) is 0 Å². The Morgan fingerprint density at radius 1 is 1.28 bits per heavy atom. The Morgan fingerprint density at radius 3 is 2.56 bits per heavy atom. The van der Waals surface area contributed by atoms with Crippen molar-refractivity contribution < 1.29 is 14.2 Å². The van der Waals surface area contributed by atoms with Crippen molar-refractivity contribution in [3.05, 3.63) is 53.1 Å². The molecule has 0 fully saturated rings. The molecule has 0 aliphatic rings. The predicted octanol–water partition coefficient (Wildman–Crippen LogP) is 3.72. The number of ether oxygens (including phenoxy) is 1. The SMILES string of the molecule is CC(O)c1ccc(Oc2ccc(Cl)c(F)c2)cn1. The van der Waals surface area contributed by atoms with Crippen LogP contribution in [0.2, 0.25) is 5.02 Å². The lowest BCUT2D eigenvalue weighted by Gasteiger charge is -2.07. The Balaban J connectivity index is 2.15. The highest BCUT2D eigenvalue weighted by atomic mass is 35.5. The van der Waals surface area contributed by atoms with Gasteiger partial charge in [-0.05, 0) is 31.2 Å². The molecule has 3 nitrogen and oxygen atoms in total. The molecule has 1 aromatic heterocycles. The summed E-state index contributed by atoms with van der Waals surface area (Å²) in [4.78, 5) is 4.02. The second-order valence-corrected chi connectivity index (χ2v) is 4.18. The van der Waals surface area contributed by atoms with Crippen LogP contribution >= 0.6 is 11.6 Å². The highest BCUT2D eigenvalue weighted by Gasteiger charge is 2.05. The highest BCUT2D eigenvalue weighted by Crippen LogP contribution is 2.25. The van der Waals surface area contributed by atoms with Crippen molar-refractivity contribution in [2.45, 2.75) is 13.0 Å². The predicted molar refractivity (Wildman–Crippen MR) is 66.4 cm³/mol. The second kappa shape index (κ2) is 5.33. The van der Waals surface area contributed by atoms with E-state index >= 15 is 0 Å². The van der Waals surface area contributed by atoms with Gasteiger partial charge in [0.1, 0.15) is 17.3 Å². The third-order valence-corrected chi connectivity index (χ3v) is 2.62. The maximum atomic E-state index is 13.2. The van der Waals surface area contributed by atoms with Gasteiger partial charge < -0.3 is 9.84 Å². The largest absolute Gasteiger partial charge is 0.456 e. The van der Waals surface area contributed by atoms with Crippen LogP contribution in [0.25, 0.3) is 0 Å². The molecule has 0 amide bonds. The van der Waals surface area contributed by atoms with E-state index in [-0.39, 0.29) is 5.02 Å². The average Bonchev–Trinajstić information content (AvgIpc) is 2.34. The van der Waals surface area contributed by atoms with Crippen LogP contribution < -0.4 is 4.74 Å². The van der Waals surface area contributed by atoms with Crippen molar-refractivity contribution in [1.82, 2.24) is 4.98 Å². The summed E-state index contributed by atoms with van der Waals surface area (Å²) in [7, 11) is 0. The molecule has 0 radical (unpaired) electrons. The van der Waals surface area contributed by atoms with Crippen LogP contribution in [0.15, 0.2) is 36.5 Å². The molecule has 0 aliphatic carbocycles. The first kappa shape index (κ1) is 12.8. The molecule has 0 spiro atoms. The maximum absolute atomic E-state index is 13.2. The van der Waals surface area contributed by atoms with E-state index in [2.05, 4.69) is 4.98 Å². The van der Waals surface area contributed by atoms with E-state index in [0.29, 0.717) is 17.2 Å². The Morgan fingerprint density at radius 2 is 2.00 bits per heavy atom. The van der Waals surface area contributed by atoms with E-state index in [1.54, 1.807) is 25.1 Å². The van der Waals surface area contributed by atoms with E-state index < -0.39 is 11.9 Å². The second-order valence-electron chi connectivity index (χ2n) is 3.77. The highest BCUT2D eigenvalue weighted by molar-refractivity contribution is 6.30. The zero-order valence-corrected chi connectivity index (χ0v) is 10.4. The van der Waals surface area contributed by atoms with Gasteiger partial charge in [0.15, 0.2) is 0 Å². The molecule has 0 bridgehead atoms. The Kier molecular flexibility index (Phi) is 3.79. The monoisotopic (exact) mass is 267 g/mol. The van der Waals surface area contributed by atoms with E-state index in [9.17, 15) is 9.50 Å². The summed E-state index contributed by atoms with van der Waals surface area (Å²) in [5.74, 6) is 0.257. The summed E-state index contributed by atoms with van der Waals surface area (Å²) >= 11 is 5.57. The number of aliphatic hydroxyl groups excluding tert-OH is 1. The Bertz CT molecular complexity index is 543. The lowest BCUT2D eigenvalue weighted by Crippen LogP contribution is -1.95. The van der Waals surface area contributed by atoms with Crippen molar-refractivity contribution in [3.63, 3.8) is 0 Å². The quantitative estimate of drug-likeness (QED) is 0.922. The van der Waals surface area contributed by atoms with Gasteiger partial charge in [-0.25, -0.2) is 4.39 Å². The molecule has 0 aliphatic heterocycles. The lowest BCUT2D eigenvalue weighted by atomic mass is 10.2. The summed E-state index contributed by atoms with van der Waals surface area (Å²) < 4.78 is 18.6. The number of benzene rings is 1. The van der Waals surface area contributed by atoms with Gasteiger partial charge in [0.25, 0.3) is 0 Å². The summed E-state index contributed by atoms with van der Waals surface area (Å²) in [5, 5.41) is 9.35. The van der Waals surface area contributed by atoms with Crippen molar-refractivity contribution in [1.29, 1.82) is 0 Å². The summed E-state index contributed by atoms with van der Waals surface area (Å²) in [6, 6.07) is 7.48. The molecular formula is C13H11ClFNO2. The van der Waals surface area contributed by atoms with Crippen LogP contribution in [-0.4, -0.2) is 10.1 Å². The smallest absolute Gasteiger partial charge is 0.145 e. The third kappa shape index (κ3) is 2.97. The zero-order valence-electron chi connectivity index (χ0n) is 9.60. The number of aliphatic hydroxyl groups is 1. The van der Waals surface area contributed by atoms with Crippen LogP contribution in [0.1, 0.15) is 18.7 Å². The number of halogens is 2. The first-order valence-electron chi connectivity index (χ1n) is 5.33. The fourth-order valence-corrected chi connectivity index (χ4v) is 1.49. The molecule has 2 rings (SSSR count). The van der Waals surface area contributed by atoms with Gasteiger partial charge in [0, 0.05) is 6.07 Å². The molecule has 1 unspecified atom stereocenters. The number of nitrogens with zero attached hydrogens (tertiary/aromatic N) is 1. The molecule has 1 atom stereocenters. The minimum atomic E-state index is -0.632. The zero-order chi connectivity index (χ0) is 13.1. The number of hydrogen-bond donors (Lipinski definition) is 1. The van der Waals surface area contributed by atoms with Gasteiger partial charge in [-0.15, -0.1) is 0 Å².